The van der Waals surface area contributed by atoms with Crippen molar-refractivity contribution in [3.05, 3.63) is 102 Å². The minimum Gasteiger partial charge on any atom is -0.318 e. The van der Waals surface area contributed by atoms with Crippen LogP contribution in [0.2, 0.25) is 0 Å². The molecular formula is C24H18N2O. The number of carbonyl (C=O) groups excluding carboxylic acids is 1. The van der Waals surface area contributed by atoms with Crippen molar-refractivity contribution in [1.82, 2.24) is 4.98 Å². The van der Waals surface area contributed by atoms with Crippen LogP contribution in [0.5, 0.6) is 0 Å². The second-order valence-corrected chi connectivity index (χ2v) is 6.81. The largest absolute Gasteiger partial charge is 0.318 e. The Morgan fingerprint density at radius 2 is 1.48 bits per heavy atom. The monoisotopic (exact) mass is 350 g/mol. The topological polar surface area (TPSA) is 33.2 Å². The molecule has 3 heteroatoms. The standard InChI is InChI=1S/C24H18N2O/c27-23-16-22(17-9-3-1-4-10-17)26(19-12-5-2-6-13-19)24-20(23)15-18-11-7-8-14-21(18)25-24/h1-15,22H,16H2. The Morgan fingerprint density at radius 3 is 2.26 bits per heavy atom. The van der Waals surface area contributed by atoms with Gasteiger partial charge in [0.05, 0.1) is 17.1 Å². The Hall–Kier alpha value is -3.46. The van der Waals surface area contributed by atoms with Crippen LogP contribution >= 0.6 is 0 Å². The van der Waals surface area contributed by atoms with Gasteiger partial charge in [0.1, 0.15) is 5.82 Å². The van der Waals surface area contributed by atoms with Crippen LogP contribution < -0.4 is 4.90 Å². The van der Waals surface area contributed by atoms with Gasteiger partial charge in [-0.25, -0.2) is 4.98 Å². The van der Waals surface area contributed by atoms with E-state index in [0.717, 1.165) is 28.0 Å². The molecule has 1 unspecified atom stereocenters. The van der Waals surface area contributed by atoms with Crippen LogP contribution in [-0.4, -0.2) is 10.8 Å². The van der Waals surface area contributed by atoms with Crippen molar-refractivity contribution in [2.75, 3.05) is 4.90 Å². The van der Waals surface area contributed by atoms with Crippen LogP contribution in [0.25, 0.3) is 10.9 Å². The number of anilines is 2. The molecule has 1 aliphatic heterocycles. The van der Waals surface area contributed by atoms with Crippen molar-refractivity contribution in [3.8, 4) is 0 Å². The van der Waals surface area contributed by atoms with E-state index in [1.807, 2.05) is 66.7 Å². The maximum Gasteiger partial charge on any atom is 0.169 e. The highest BCUT2D eigenvalue weighted by molar-refractivity contribution is 6.06. The molecule has 0 aliphatic carbocycles. The number of nitrogens with zero attached hydrogens (tertiary/aromatic N) is 2. The van der Waals surface area contributed by atoms with Gasteiger partial charge in [-0.1, -0.05) is 66.7 Å². The number of hydrogen-bond donors (Lipinski definition) is 0. The third kappa shape index (κ3) is 2.68. The average Bonchev–Trinajstić information content (AvgIpc) is 2.74. The number of rotatable bonds is 2. The molecule has 5 rings (SSSR count). The van der Waals surface area contributed by atoms with Gasteiger partial charge in [0.25, 0.3) is 0 Å². The molecule has 0 radical (unpaired) electrons. The molecule has 1 aliphatic rings. The SMILES string of the molecule is O=C1CC(c2ccccc2)N(c2ccccc2)c2nc3ccccc3cc21. The lowest BCUT2D eigenvalue weighted by Gasteiger charge is -2.37. The summed E-state index contributed by atoms with van der Waals surface area (Å²) in [6.45, 7) is 0. The molecule has 1 aromatic heterocycles. The van der Waals surface area contributed by atoms with Gasteiger partial charge in [-0.3, -0.25) is 4.79 Å². The van der Waals surface area contributed by atoms with E-state index >= 15 is 0 Å². The summed E-state index contributed by atoms with van der Waals surface area (Å²) in [5.41, 5.74) is 3.77. The molecular weight excluding hydrogens is 332 g/mol. The van der Waals surface area contributed by atoms with Gasteiger partial charge in [-0.15, -0.1) is 0 Å². The van der Waals surface area contributed by atoms with Crippen molar-refractivity contribution in [2.45, 2.75) is 12.5 Å². The van der Waals surface area contributed by atoms with Gasteiger partial charge in [-0.2, -0.15) is 0 Å². The molecule has 130 valence electrons. The van der Waals surface area contributed by atoms with Crippen LogP contribution in [0.4, 0.5) is 11.5 Å². The summed E-state index contributed by atoms with van der Waals surface area (Å²) in [6, 6.07) is 30.3. The zero-order valence-corrected chi connectivity index (χ0v) is 14.7. The van der Waals surface area contributed by atoms with Crippen molar-refractivity contribution in [2.24, 2.45) is 0 Å². The van der Waals surface area contributed by atoms with Crippen molar-refractivity contribution >= 4 is 28.2 Å². The molecule has 0 saturated carbocycles. The smallest absolute Gasteiger partial charge is 0.169 e. The van der Waals surface area contributed by atoms with Crippen LogP contribution in [-0.2, 0) is 0 Å². The molecule has 0 bridgehead atoms. The summed E-state index contributed by atoms with van der Waals surface area (Å²) in [4.78, 5) is 20.1. The minimum absolute atomic E-state index is 0.0673. The first kappa shape index (κ1) is 15.8. The van der Waals surface area contributed by atoms with Gasteiger partial charge < -0.3 is 4.90 Å². The molecule has 4 aromatic rings. The Kier molecular flexibility index (Phi) is 3.72. The predicted octanol–water partition coefficient (Wildman–Crippen LogP) is 5.70. The minimum atomic E-state index is -0.0673. The van der Waals surface area contributed by atoms with Crippen LogP contribution in [0.1, 0.15) is 28.4 Å². The molecule has 27 heavy (non-hydrogen) atoms. The number of ketones is 1. The van der Waals surface area contributed by atoms with Crippen molar-refractivity contribution in [1.29, 1.82) is 0 Å². The number of hydrogen-bond acceptors (Lipinski definition) is 3. The summed E-state index contributed by atoms with van der Waals surface area (Å²) in [5, 5.41) is 0.996. The summed E-state index contributed by atoms with van der Waals surface area (Å²) < 4.78 is 0. The number of carbonyl (C=O) groups is 1. The van der Waals surface area contributed by atoms with E-state index in [2.05, 4.69) is 29.2 Å². The Morgan fingerprint density at radius 1 is 0.815 bits per heavy atom. The lowest BCUT2D eigenvalue weighted by Crippen LogP contribution is -2.33. The zero-order valence-electron chi connectivity index (χ0n) is 14.7. The molecule has 0 saturated heterocycles. The molecule has 0 spiro atoms. The Balaban J connectivity index is 1.77. The fraction of sp³-hybridized carbons (Fsp3) is 0.0833. The quantitative estimate of drug-likeness (QED) is 0.465. The Bertz CT molecular complexity index is 1120. The summed E-state index contributed by atoms with van der Waals surface area (Å²) in [5.74, 6) is 0.884. The summed E-state index contributed by atoms with van der Waals surface area (Å²) in [7, 11) is 0. The first-order valence-electron chi connectivity index (χ1n) is 9.13. The van der Waals surface area contributed by atoms with Gasteiger partial charge in [0, 0.05) is 17.5 Å². The normalized spacial score (nSPS) is 16.4. The Labute approximate surface area is 157 Å². The third-order valence-corrected chi connectivity index (χ3v) is 5.14. The third-order valence-electron chi connectivity index (χ3n) is 5.14. The van der Waals surface area contributed by atoms with E-state index in [-0.39, 0.29) is 11.8 Å². The van der Waals surface area contributed by atoms with Gasteiger partial charge >= 0.3 is 0 Å². The first-order valence-corrected chi connectivity index (χ1v) is 9.13. The predicted molar refractivity (Wildman–Crippen MR) is 108 cm³/mol. The molecule has 3 aromatic carbocycles. The molecule has 0 amide bonds. The number of benzene rings is 3. The first-order chi connectivity index (χ1) is 13.3. The van der Waals surface area contributed by atoms with Gasteiger partial charge in [-0.05, 0) is 29.8 Å². The summed E-state index contributed by atoms with van der Waals surface area (Å²) >= 11 is 0. The van der Waals surface area contributed by atoms with E-state index in [1.54, 1.807) is 0 Å². The lowest BCUT2D eigenvalue weighted by atomic mass is 9.91. The van der Waals surface area contributed by atoms with Gasteiger partial charge in [0.2, 0.25) is 0 Å². The highest BCUT2D eigenvalue weighted by Gasteiger charge is 2.34. The van der Waals surface area contributed by atoms with E-state index in [0.29, 0.717) is 12.0 Å². The average molecular weight is 350 g/mol. The molecule has 1 atom stereocenters. The van der Waals surface area contributed by atoms with E-state index < -0.39 is 0 Å². The maximum absolute atomic E-state index is 13.0. The molecule has 3 nitrogen and oxygen atoms in total. The second-order valence-electron chi connectivity index (χ2n) is 6.81. The number of Topliss-reactive ketones (excluding diaryl/α,β-unsaturated/α-hetero) is 1. The van der Waals surface area contributed by atoms with Gasteiger partial charge in [0.15, 0.2) is 5.78 Å². The fourth-order valence-corrected chi connectivity index (χ4v) is 3.85. The van der Waals surface area contributed by atoms with E-state index in [4.69, 9.17) is 4.98 Å². The molecule has 0 N–H and O–H groups in total. The van der Waals surface area contributed by atoms with E-state index in [1.165, 1.54) is 0 Å². The van der Waals surface area contributed by atoms with E-state index in [9.17, 15) is 4.79 Å². The molecule has 2 heterocycles. The summed E-state index contributed by atoms with van der Waals surface area (Å²) in [6.07, 6.45) is 0.436. The maximum atomic E-state index is 13.0. The lowest BCUT2D eigenvalue weighted by molar-refractivity contribution is 0.0967. The van der Waals surface area contributed by atoms with Crippen molar-refractivity contribution in [3.63, 3.8) is 0 Å². The number of pyridine rings is 1. The van der Waals surface area contributed by atoms with Crippen LogP contribution in [0, 0.1) is 0 Å². The molecule has 0 fully saturated rings. The van der Waals surface area contributed by atoms with Crippen LogP contribution in [0.15, 0.2) is 91.0 Å². The van der Waals surface area contributed by atoms with Crippen LogP contribution in [0.3, 0.4) is 0 Å². The number of aromatic nitrogens is 1. The zero-order chi connectivity index (χ0) is 18.2. The number of para-hydroxylation sites is 2. The highest BCUT2D eigenvalue weighted by atomic mass is 16.1. The van der Waals surface area contributed by atoms with Crippen molar-refractivity contribution < 1.29 is 4.79 Å². The highest BCUT2D eigenvalue weighted by Crippen LogP contribution is 2.43. The fourth-order valence-electron chi connectivity index (χ4n) is 3.85. The number of fused-ring (bicyclic) bond motifs is 2. The second kappa shape index (κ2) is 6.36.